The van der Waals surface area contributed by atoms with Crippen LogP contribution in [0, 0.1) is 0 Å². The first kappa shape index (κ1) is 15.3. The maximum Gasteiger partial charge on any atom is 0.0864 e. The molecule has 1 aliphatic heterocycles. The summed E-state index contributed by atoms with van der Waals surface area (Å²) in [6.45, 7) is 8.49. The second kappa shape index (κ2) is 7.61. The van der Waals surface area contributed by atoms with Crippen LogP contribution in [0.2, 0.25) is 0 Å². The third kappa shape index (κ3) is 4.46. The van der Waals surface area contributed by atoms with Gasteiger partial charge >= 0.3 is 0 Å². The van der Waals surface area contributed by atoms with Gasteiger partial charge in [-0.05, 0) is 43.9 Å². The summed E-state index contributed by atoms with van der Waals surface area (Å²) in [5.41, 5.74) is 4.27. The van der Waals surface area contributed by atoms with E-state index in [1.807, 2.05) is 0 Å². The molecule has 0 amide bonds. The van der Waals surface area contributed by atoms with Gasteiger partial charge < -0.3 is 10.1 Å². The van der Waals surface area contributed by atoms with Gasteiger partial charge in [0.1, 0.15) is 0 Å². The summed E-state index contributed by atoms with van der Waals surface area (Å²) >= 11 is 0. The highest BCUT2D eigenvalue weighted by atomic mass is 16.5. The molecule has 0 aliphatic carbocycles. The maximum atomic E-state index is 5.96. The van der Waals surface area contributed by atoms with E-state index in [1.165, 1.54) is 16.7 Å². The molecule has 1 aromatic rings. The molecule has 2 nitrogen and oxygen atoms in total. The highest BCUT2D eigenvalue weighted by molar-refractivity contribution is 5.31. The van der Waals surface area contributed by atoms with Gasteiger partial charge in [-0.3, -0.25) is 0 Å². The van der Waals surface area contributed by atoms with E-state index in [0.29, 0.717) is 6.04 Å². The van der Waals surface area contributed by atoms with Gasteiger partial charge in [0.05, 0.1) is 12.7 Å². The van der Waals surface area contributed by atoms with E-state index < -0.39 is 0 Å². The lowest BCUT2D eigenvalue weighted by Gasteiger charge is -2.26. The molecule has 110 valence electrons. The summed E-state index contributed by atoms with van der Waals surface area (Å²) in [5.74, 6) is 0. The topological polar surface area (TPSA) is 21.3 Å². The van der Waals surface area contributed by atoms with Gasteiger partial charge in [-0.15, -0.1) is 0 Å². The number of nitrogens with one attached hydrogen (secondary N) is 1. The zero-order chi connectivity index (χ0) is 14.4. The molecule has 1 aliphatic rings. The van der Waals surface area contributed by atoms with E-state index in [9.17, 15) is 0 Å². The molecule has 0 saturated heterocycles. The van der Waals surface area contributed by atoms with Crippen molar-refractivity contribution in [2.75, 3.05) is 13.2 Å². The molecule has 1 aromatic carbocycles. The van der Waals surface area contributed by atoms with Crippen LogP contribution < -0.4 is 5.32 Å². The van der Waals surface area contributed by atoms with Crippen LogP contribution in [-0.4, -0.2) is 19.2 Å². The van der Waals surface area contributed by atoms with Crippen LogP contribution in [0.15, 0.2) is 35.9 Å². The predicted molar refractivity (Wildman–Crippen MR) is 85.0 cm³/mol. The predicted octanol–water partition coefficient (Wildman–Crippen LogP) is 4.02. The van der Waals surface area contributed by atoms with Crippen LogP contribution >= 0.6 is 0 Å². The molecule has 0 spiro atoms. The lowest BCUT2D eigenvalue weighted by atomic mass is 9.93. The Labute approximate surface area is 123 Å². The van der Waals surface area contributed by atoms with Crippen molar-refractivity contribution in [2.24, 2.45) is 0 Å². The molecule has 2 rings (SSSR count). The Balaban J connectivity index is 1.89. The van der Waals surface area contributed by atoms with Crippen LogP contribution in [0.25, 0.3) is 0 Å². The highest BCUT2D eigenvalue weighted by Crippen LogP contribution is 2.31. The van der Waals surface area contributed by atoms with Crippen molar-refractivity contribution in [3.63, 3.8) is 0 Å². The summed E-state index contributed by atoms with van der Waals surface area (Å²) < 4.78 is 5.96. The lowest BCUT2D eigenvalue weighted by Crippen LogP contribution is -2.23. The molecule has 0 fully saturated rings. The summed E-state index contributed by atoms with van der Waals surface area (Å²) in [4.78, 5) is 0. The van der Waals surface area contributed by atoms with Crippen molar-refractivity contribution in [1.29, 1.82) is 0 Å². The number of rotatable bonds is 6. The van der Waals surface area contributed by atoms with Crippen molar-refractivity contribution >= 4 is 0 Å². The first-order valence-electron chi connectivity index (χ1n) is 7.75. The summed E-state index contributed by atoms with van der Waals surface area (Å²) in [7, 11) is 0. The van der Waals surface area contributed by atoms with Crippen LogP contribution in [0.4, 0.5) is 0 Å². The first-order valence-corrected chi connectivity index (χ1v) is 7.75. The molecule has 0 aromatic heterocycles. The second-order valence-corrected chi connectivity index (χ2v) is 5.96. The Morgan fingerprint density at radius 3 is 3.00 bits per heavy atom. The third-order valence-corrected chi connectivity index (χ3v) is 3.79. The smallest absolute Gasteiger partial charge is 0.0864 e. The normalized spacial score (nSPS) is 19.2. The SMILES string of the molecule is CC(=CCCNC(C)C)CC1OCCc2ccccc21. The molecular weight excluding hydrogens is 246 g/mol. The van der Waals surface area contributed by atoms with Crippen molar-refractivity contribution in [3.8, 4) is 0 Å². The zero-order valence-corrected chi connectivity index (χ0v) is 13.0. The van der Waals surface area contributed by atoms with Gasteiger partial charge in [0.15, 0.2) is 0 Å². The number of hydrogen-bond donors (Lipinski definition) is 1. The fourth-order valence-electron chi connectivity index (χ4n) is 2.71. The largest absolute Gasteiger partial charge is 0.373 e. The summed E-state index contributed by atoms with van der Waals surface area (Å²) in [6.07, 6.45) is 5.75. The van der Waals surface area contributed by atoms with Gasteiger partial charge in [-0.1, -0.05) is 49.8 Å². The van der Waals surface area contributed by atoms with E-state index in [1.54, 1.807) is 0 Å². The Morgan fingerprint density at radius 1 is 1.40 bits per heavy atom. The molecular formula is C18H27NO. The van der Waals surface area contributed by atoms with Crippen LogP contribution in [0.5, 0.6) is 0 Å². The van der Waals surface area contributed by atoms with E-state index >= 15 is 0 Å². The van der Waals surface area contributed by atoms with Crippen LogP contribution in [0.3, 0.4) is 0 Å². The van der Waals surface area contributed by atoms with E-state index in [4.69, 9.17) is 4.74 Å². The molecule has 1 N–H and O–H groups in total. The average Bonchev–Trinajstić information content (AvgIpc) is 2.44. The molecule has 2 heteroatoms. The highest BCUT2D eigenvalue weighted by Gasteiger charge is 2.20. The van der Waals surface area contributed by atoms with Gasteiger partial charge in [0, 0.05) is 6.04 Å². The fraction of sp³-hybridized carbons (Fsp3) is 0.556. The Morgan fingerprint density at radius 2 is 2.20 bits per heavy atom. The Kier molecular flexibility index (Phi) is 5.81. The second-order valence-electron chi connectivity index (χ2n) is 5.96. The Bertz CT molecular complexity index is 450. The molecule has 0 saturated carbocycles. The van der Waals surface area contributed by atoms with E-state index in [2.05, 4.69) is 56.4 Å². The monoisotopic (exact) mass is 273 g/mol. The molecule has 0 bridgehead atoms. The minimum absolute atomic E-state index is 0.245. The Hall–Kier alpha value is -1.12. The molecule has 1 heterocycles. The van der Waals surface area contributed by atoms with E-state index in [-0.39, 0.29) is 6.10 Å². The van der Waals surface area contributed by atoms with Gasteiger partial charge in [0.2, 0.25) is 0 Å². The average molecular weight is 273 g/mol. The van der Waals surface area contributed by atoms with Crippen molar-refractivity contribution < 1.29 is 4.74 Å². The fourth-order valence-corrected chi connectivity index (χ4v) is 2.71. The van der Waals surface area contributed by atoms with Crippen LogP contribution in [0.1, 0.15) is 50.8 Å². The minimum Gasteiger partial charge on any atom is -0.373 e. The van der Waals surface area contributed by atoms with Crippen molar-refractivity contribution in [1.82, 2.24) is 5.32 Å². The molecule has 1 unspecified atom stereocenters. The number of ether oxygens (including phenoxy) is 1. The summed E-state index contributed by atoms with van der Waals surface area (Å²) in [5, 5.41) is 3.44. The van der Waals surface area contributed by atoms with Gasteiger partial charge in [0.25, 0.3) is 0 Å². The zero-order valence-electron chi connectivity index (χ0n) is 13.0. The number of benzene rings is 1. The summed E-state index contributed by atoms with van der Waals surface area (Å²) in [6, 6.07) is 9.26. The first-order chi connectivity index (χ1) is 9.66. The lowest BCUT2D eigenvalue weighted by molar-refractivity contribution is 0.0427. The molecule has 1 atom stereocenters. The molecule has 20 heavy (non-hydrogen) atoms. The van der Waals surface area contributed by atoms with Crippen LogP contribution in [-0.2, 0) is 11.2 Å². The van der Waals surface area contributed by atoms with Gasteiger partial charge in [-0.25, -0.2) is 0 Å². The third-order valence-electron chi connectivity index (χ3n) is 3.79. The minimum atomic E-state index is 0.245. The van der Waals surface area contributed by atoms with Crippen molar-refractivity contribution in [3.05, 3.63) is 47.0 Å². The van der Waals surface area contributed by atoms with Gasteiger partial charge in [-0.2, -0.15) is 0 Å². The standard InChI is InChI=1S/C18H27NO/c1-14(2)19-11-6-7-15(3)13-18-17-9-5-4-8-16(17)10-12-20-18/h4-5,7-9,14,18-19H,6,10-13H2,1-3H3. The van der Waals surface area contributed by atoms with Crippen molar-refractivity contribution in [2.45, 2.75) is 52.2 Å². The number of fused-ring (bicyclic) bond motifs is 1. The number of hydrogen-bond acceptors (Lipinski definition) is 2. The quantitative estimate of drug-likeness (QED) is 0.624. The van der Waals surface area contributed by atoms with E-state index in [0.717, 1.165) is 32.4 Å². The molecule has 0 radical (unpaired) electrons. The maximum absolute atomic E-state index is 5.96.